The lowest BCUT2D eigenvalue weighted by molar-refractivity contribution is 0.112. The van der Waals surface area contributed by atoms with Crippen LogP contribution in [0.5, 0.6) is 5.75 Å². The first kappa shape index (κ1) is 17.3. The number of phenolic OH excluding ortho intramolecular Hbond substituents is 1. The summed E-state index contributed by atoms with van der Waals surface area (Å²) in [6.45, 7) is 10.6. The van der Waals surface area contributed by atoms with Crippen LogP contribution in [0.25, 0.3) is 0 Å². The van der Waals surface area contributed by atoms with Gasteiger partial charge in [-0.1, -0.05) is 18.2 Å². The normalized spacial score (nSPS) is 8.89. The lowest BCUT2D eigenvalue weighted by Gasteiger charge is -2.08. The summed E-state index contributed by atoms with van der Waals surface area (Å²) in [4.78, 5) is 10.7. The lowest BCUT2D eigenvalue weighted by atomic mass is 10.0. The Morgan fingerprint density at radius 2 is 1.47 bits per heavy atom. The number of hydrogen-bond donors (Lipinski definition) is 2. The van der Waals surface area contributed by atoms with Gasteiger partial charge in [-0.25, -0.2) is 0 Å². The van der Waals surface area contributed by atoms with Gasteiger partial charge >= 0.3 is 0 Å². The largest absolute Gasteiger partial charge is 0.507 e. The van der Waals surface area contributed by atoms with Gasteiger partial charge in [-0.3, -0.25) is 4.79 Å². The predicted octanol–water partition coefficient (Wildman–Crippen LogP) is 3.76. The molecule has 102 valence electrons. The van der Waals surface area contributed by atoms with E-state index in [9.17, 15) is 9.90 Å². The Morgan fingerprint density at radius 1 is 1.05 bits per heavy atom. The van der Waals surface area contributed by atoms with Crippen molar-refractivity contribution in [3.63, 3.8) is 0 Å². The molecule has 19 heavy (non-hydrogen) atoms. The lowest BCUT2D eigenvalue weighted by Crippen LogP contribution is -1.93. The van der Waals surface area contributed by atoms with Gasteiger partial charge in [0.15, 0.2) is 0 Å². The van der Waals surface area contributed by atoms with Gasteiger partial charge in [0, 0.05) is 11.3 Å². The van der Waals surface area contributed by atoms with Crippen LogP contribution in [0.3, 0.4) is 0 Å². The van der Waals surface area contributed by atoms with E-state index in [4.69, 9.17) is 0 Å². The predicted molar refractivity (Wildman–Crippen MR) is 85.3 cm³/mol. The van der Waals surface area contributed by atoms with Gasteiger partial charge in [0.05, 0.1) is 0 Å². The SMILES string of the molecule is C=CCS.C=CCc1cc(C=O)cc(CC=C)c1O. The first-order valence-electron chi connectivity index (χ1n) is 5.88. The molecule has 0 fully saturated rings. The van der Waals surface area contributed by atoms with Crippen molar-refractivity contribution in [2.45, 2.75) is 12.8 Å². The molecule has 0 unspecified atom stereocenters. The zero-order valence-electron chi connectivity index (χ0n) is 11.0. The Bertz CT molecular complexity index is 419. The molecule has 0 spiro atoms. The Hall–Kier alpha value is -1.74. The number of rotatable bonds is 6. The molecular weight excluding hydrogens is 256 g/mol. The fourth-order valence-electron chi connectivity index (χ4n) is 1.48. The third-order valence-corrected chi connectivity index (χ3v) is 2.54. The Balaban J connectivity index is 0.000000711. The van der Waals surface area contributed by atoms with Crippen molar-refractivity contribution in [1.82, 2.24) is 0 Å². The molecule has 1 aromatic carbocycles. The highest BCUT2D eigenvalue weighted by Gasteiger charge is 2.07. The third kappa shape index (κ3) is 6.11. The number of aldehydes is 1. The quantitative estimate of drug-likeness (QED) is 0.471. The smallest absolute Gasteiger partial charge is 0.150 e. The second-order valence-corrected chi connectivity index (χ2v) is 4.13. The summed E-state index contributed by atoms with van der Waals surface area (Å²) in [5.41, 5.74) is 2.03. The summed E-state index contributed by atoms with van der Waals surface area (Å²) >= 11 is 3.80. The van der Waals surface area contributed by atoms with Crippen LogP contribution in [0.2, 0.25) is 0 Å². The van der Waals surface area contributed by atoms with Gasteiger partial charge in [-0.2, -0.15) is 12.6 Å². The first-order chi connectivity index (χ1) is 9.14. The van der Waals surface area contributed by atoms with Gasteiger partial charge in [-0.15, -0.1) is 19.7 Å². The molecule has 1 N–H and O–H groups in total. The number of benzene rings is 1. The topological polar surface area (TPSA) is 37.3 Å². The molecule has 0 saturated carbocycles. The Kier molecular flexibility index (Phi) is 9.27. The summed E-state index contributed by atoms with van der Waals surface area (Å²) in [7, 11) is 0. The van der Waals surface area contributed by atoms with Crippen molar-refractivity contribution in [3.05, 3.63) is 66.8 Å². The minimum absolute atomic E-state index is 0.236. The molecule has 2 nitrogen and oxygen atoms in total. The van der Waals surface area contributed by atoms with E-state index < -0.39 is 0 Å². The standard InChI is InChI=1S/C13H14O2.C3H6S/c1-3-5-11-7-10(9-14)8-12(6-4-2)13(11)15;1-2-3-4/h3-4,7-9,15H,1-2,5-6H2;2,4H,1,3H2. The average molecular weight is 276 g/mol. The highest BCUT2D eigenvalue weighted by atomic mass is 32.1. The summed E-state index contributed by atoms with van der Waals surface area (Å²) in [6, 6.07) is 3.35. The molecule has 0 amide bonds. The Labute approximate surface area is 120 Å². The van der Waals surface area contributed by atoms with Gasteiger partial charge < -0.3 is 5.11 Å². The number of hydrogen-bond acceptors (Lipinski definition) is 3. The molecule has 0 saturated heterocycles. The summed E-state index contributed by atoms with van der Waals surface area (Å²) < 4.78 is 0. The van der Waals surface area contributed by atoms with Crippen LogP contribution >= 0.6 is 12.6 Å². The minimum atomic E-state index is 0.236. The average Bonchev–Trinajstić information content (AvgIpc) is 2.43. The van der Waals surface area contributed by atoms with Crippen LogP contribution in [0, 0.1) is 0 Å². The number of allylic oxidation sites excluding steroid dienone is 2. The summed E-state index contributed by atoms with van der Waals surface area (Å²) in [5.74, 6) is 1.01. The van der Waals surface area contributed by atoms with Crippen LogP contribution in [0.1, 0.15) is 21.5 Å². The fourth-order valence-corrected chi connectivity index (χ4v) is 1.48. The second-order valence-electron chi connectivity index (χ2n) is 3.76. The number of carbonyl (C=O) groups excluding carboxylic acids is 1. The summed E-state index contributed by atoms with van der Waals surface area (Å²) in [5, 5.41) is 9.86. The van der Waals surface area contributed by atoms with E-state index in [2.05, 4.69) is 32.4 Å². The van der Waals surface area contributed by atoms with E-state index in [0.717, 1.165) is 23.2 Å². The van der Waals surface area contributed by atoms with Gasteiger partial charge in [-0.05, 0) is 36.1 Å². The van der Waals surface area contributed by atoms with Crippen LogP contribution in [-0.4, -0.2) is 17.1 Å². The monoisotopic (exact) mass is 276 g/mol. The molecule has 0 atom stereocenters. The number of phenols is 1. The third-order valence-electron chi connectivity index (χ3n) is 2.28. The second kappa shape index (κ2) is 10.2. The van der Waals surface area contributed by atoms with Crippen molar-refractivity contribution in [3.8, 4) is 5.75 Å². The van der Waals surface area contributed by atoms with E-state index in [1.807, 2.05) is 0 Å². The molecule has 0 radical (unpaired) electrons. The van der Waals surface area contributed by atoms with Crippen molar-refractivity contribution >= 4 is 18.9 Å². The molecular formula is C16H20O2S. The maximum absolute atomic E-state index is 10.7. The van der Waals surface area contributed by atoms with Crippen molar-refractivity contribution in [1.29, 1.82) is 0 Å². The highest BCUT2D eigenvalue weighted by Crippen LogP contribution is 2.25. The number of aromatic hydroxyl groups is 1. The molecule has 1 aromatic rings. The van der Waals surface area contributed by atoms with E-state index in [1.165, 1.54) is 0 Å². The van der Waals surface area contributed by atoms with E-state index in [-0.39, 0.29) is 5.75 Å². The van der Waals surface area contributed by atoms with Crippen LogP contribution in [0.15, 0.2) is 50.1 Å². The van der Waals surface area contributed by atoms with Crippen molar-refractivity contribution < 1.29 is 9.90 Å². The zero-order chi connectivity index (χ0) is 14.7. The molecule has 3 heteroatoms. The summed E-state index contributed by atoms with van der Waals surface area (Å²) in [6.07, 6.45) is 7.01. The van der Waals surface area contributed by atoms with E-state index in [0.29, 0.717) is 18.4 Å². The van der Waals surface area contributed by atoms with Gasteiger partial charge in [0.2, 0.25) is 0 Å². The molecule has 0 heterocycles. The zero-order valence-corrected chi connectivity index (χ0v) is 11.9. The van der Waals surface area contributed by atoms with Gasteiger partial charge in [0.25, 0.3) is 0 Å². The van der Waals surface area contributed by atoms with Crippen LogP contribution in [-0.2, 0) is 12.8 Å². The molecule has 0 aliphatic heterocycles. The van der Waals surface area contributed by atoms with E-state index in [1.54, 1.807) is 30.4 Å². The maximum atomic E-state index is 10.7. The first-order valence-corrected chi connectivity index (χ1v) is 6.51. The van der Waals surface area contributed by atoms with Crippen molar-refractivity contribution in [2.75, 3.05) is 5.75 Å². The maximum Gasteiger partial charge on any atom is 0.150 e. The molecule has 0 aliphatic rings. The van der Waals surface area contributed by atoms with Crippen LogP contribution in [0.4, 0.5) is 0 Å². The number of thiol groups is 1. The molecule has 0 bridgehead atoms. The molecule has 0 aromatic heterocycles. The minimum Gasteiger partial charge on any atom is -0.507 e. The van der Waals surface area contributed by atoms with Gasteiger partial charge in [0.1, 0.15) is 12.0 Å². The number of carbonyl (C=O) groups is 1. The van der Waals surface area contributed by atoms with Crippen LogP contribution < -0.4 is 0 Å². The van der Waals surface area contributed by atoms with E-state index >= 15 is 0 Å². The highest BCUT2D eigenvalue weighted by molar-refractivity contribution is 7.80. The van der Waals surface area contributed by atoms with Crippen molar-refractivity contribution in [2.24, 2.45) is 0 Å². The fraction of sp³-hybridized carbons (Fsp3) is 0.188. The Morgan fingerprint density at radius 3 is 1.74 bits per heavy atom. The molecule has 1 rings (SSSR count). The molecule has 0 aliphatic carbocycles.